The quantitative estimate of drug-likeness (QED) is 0.284. The summed E-state index contributed by atoms with van der Waals surface area (Å²) in [6.07, 6.45) is 0.440. The molecule has 2 heterocycles. The summed E-state index contributed by atoms with van der Waals surface area (Å²) in [5.41, 5.74) is 3.05. The van der Waals surface area contributed by atoms with Crippen LogP contribution in [0.15, 0.2) is 34.1 Å². The van der Waals surface area contributed by atoms with E-state index in [1.807, 2.05) is 27.7 Å². The van der Waals surface area contributed by atoms with Crippen molar-refractivity contribution in [1.82, 2.24) is 0 Å². The van der Waals surface area contributed by atoms with Crippen molar-refractivity contribution in [2.45, 2.75) is 49.7 Å². The molecule has 35 heavy (non-hydrogen) atoms. The number of ether oxygens (including phenoxy) is 6. The topological polar surface area (TPSA) is 96.1 Å². The second-order valence-corrected chi connectivity index (χ2v) is 11.0. The lowest BCUT2D eigenvalue weighted by atomic mass is 10.1. The molecule has 8 nitrogen and oxygen atoms in total. The molecule has 192 valence electrons. The number of aryl methyl sites for hydroxylation is 4. The van der Waals surface area contributed by atoms with Gasteiger partial charge in [-0.2, -0.15) is 0 Å². The maximum Gasteiger partial charge on any atom is 0.206 e. The monoisotopic (exact) mass is 506 g/mol. The molecule has 9 heteroatoms. The fraction of sp³-hybridized carbons (Fsp3) is 0.538. The molecule has 2 saturated heterocycles. The van der Waals surface area contributed by atoms with Gasteiger partial charge in [0.25, 0.3) is 0 Å². The maximum atomic E-state index is 13.5. The molecular formula is C26H34O8S. The minimum Gasteiger partial charge on any atom is -0.491 e. The van der Waals surface area contributed by atoms with Crippen LogP contribution >= 0.6 is 0 Å². The second-order valence-electron chi connectivity index (χ2n) is 9.03. The highest BCUT2D eigenvalue weighted by molar-refractivity contribution is 7.91. The lowest BCUT2D eigenvalue weighted by molar-refractivity contribution is 0.0874. The van der Waals surface area contributed by atoms with Gasteiger partial charge in [0.05, 0.1) is 49.4 Å². The van der Waals surface area contributed by atoms with Crippen molar-refractivity contribution in [1.29, 1.82) is 0 Å². The average molecular weight is 507 g/mol. The Morgan fingerprint density at radius 3 is 1.34 bits per heavy atom. The summed E-state index contributed by atoms with van der Waals surface area (Å²) in [6, 6.07) is 6.64. The van der Waals surface area contributed by atoms with Gasteiger partial charge in [-0.15, -0.1) is 0 Å². The molecule has 2 fully saturated rings. The molecule has 0 amide bonds. The molecule has 0 saturated carbocycles. The van der Waals surface area contributed by atoms with E-state index in [0.717, 1.165) is 35.5 Å². The fourth-order valence-corrected chi connectivity index (χ4v) is 5.49. The fourth-order valence-electron chi connectivity index (χ4n) is 3.89. The Morgan fingerprint density at radius 1 is 0.686 bits per heavy atom. The standard InChI is InChI=1S/C26H34O8S/c1-17-9-23(10-18(2)25(17)31-7-5-29-13-21-15-33-21)35(27,28)24-11-19(3)26(20(4)12-24)32-8-6-30-14-22-16-34-22/h9-12,21-22H,5-8,13-16H2,1-4H3. The van der Waals surface area contributed by atoms with Crippen molar-refractivity contribution in [3.63, 3.8) is 0 Å². The minimum atomic E-state index is -3.71. The molecule has 4 rings (SSSR count). The Hall–Kier alpha value is -2.17. The van der Waals surface area contributed by atoms with E-state index < -0.39 is 9.84 Å². The molecule has 2 aromatic carbocycles. The number of sulfone groups is 1. The van der Waals surface area contributed by atoms with Crippen LogP contribution in [0.25, 0.3) is 0 Å². The van der Waals surface area contributed by atoms with Gasteiger partial charge in [-0.1, -0.05) is 0 Å². The van der Waals surface area contributed by atoms with Crippen molar-refractivity contribution >= 4 is 9.84 Å². The van der Waals surface area contributed by atoms with Crippen molar-refractivity contribution in [2.75, 3.05) is 52.9 Å². The first kappa shape index (κ1) is 25.9. The summed E-state index contributed by atoms with van der Waals surface area (Å²) in [5.74, 6) is 1.36. The smallest absolute Gasteiger partial charge is 0.206 e. The van der Waals surface area contributed by atoms with Gasteiger partial charge in [-0.3, -0.25) is 0 Å². The first-order chi connectivity index (χ1) is 16.8. The summed E-state index contributed by atoms with van der Waals surface area (Å²) in [5, 5.41) is 0. The van der Waals surface area contributed by atoms with Crippen molar-refractivity contribution in [2.24, 2.45) is 0 Å². The third-order valence-electron chi connectivity index (χ3n) is 5.85. The van der Waals surface area contributed by atoms with Gasteiger partial charge in [0.2, 0.25) is 9.84 Å². The van der Waals surface area contributed by atoms with Gasteiger partial charge in [0.15, 0.2) is 0 Å². The van der Waals surface area contributed by atoms with E-state index in [0.29, 0.717) is 51.1 Å². The van der Waals surface area contributed by atoms with Gasteiger partial charge in [0.1, 0.15) is 36.9 Å². The van der Waals surface area contributed by atoms with Gasteiger partial charge in [0, 0.05) is 0 Å². The van der Waals surface area contributed by atoms with E-state index in [4.69, 9.17) is 28.4 Å². The number of benzene rings is 2. The van der Waals surface area contributed by atoms with Crippen LogP contribution in [0.5, 0.6) is 11.5 Å². The molecule has 0 aliphatic carbocycles. The zero-order valence-corrected chi connectivity index (χ0v) is 21.6. The van der Waals surface area contributed by atoms with Gasteiger partial charge in [-0.25, -0.2) is 8.42 Å². The zero-order chi connectivity index (χ0) is 25.0. The molecule has 2 unspecified atom stereocenters. The van der Waals surface area contributed by atoms with Crippen LogP contribution in [0.2, 0.25) is 0 Å². The molecule has 0 aromatic heterocycles. The third-order valence-corrected chi connectivity index (χ3v) is 7.56. The highest BCUT2D eigenvalue weighted by Crippen LogP contribution is 2.33. The highest BCUT2D eigenvalue weighted by Gasteiger charge is 2.24. The summed E-state index contributed by atoms with van der Waals surface area (Å²) < 4.78 is 59.9. The summed E-state index contributed by atoms with van der Waals surface area (Å²) in [6.45, 7) is 11.8. The first-order valence-electron chi connectivity index (χ1n) is 11.9. The second kappa shape index (κ2) is 11.3. The number of rotatable bonds is 14. The van der Waals surface area contributed by atoms with E-state index in [2.05, 4.69) is 0 Å². The Morgan fingerprint density at radius 2 is 1.03 bits per heavy atom. The van der Waals surface area contributed by atoms with E-state index in [1.54, 1.807) is 24.3 Å². The molecule has 2 aliphatic heterocycles. The van der Waals surface area contributed by atoms with Crippen molar-refractivity contribution in [3.05, 3.63) is 46.5 Å². The Kier molecular flexibility index (Phi) is 8.34. The largest absolute Gasteiger partial charge is 0.491 e. The van der Waals surface area contributed by atoms with Gasteiger partial charge in [-0.05, 0) is 74.2 Å². The number of hydrogen-bond acceptors (Lipinski definition) is 8. The Bertz CT molecular complexity index is 1010. The van der Waals surface area contributed by atoms with Crippen LogP contribution in [0.3, 0.4) is 0 Å². The molecular weight excluding hydrogens is 472 g/mol. The molecule has 0 radical (unpaired) electrons. The van der Waals surface area contributed by atoms with Crippen LogP contribution in [-0.2, 0) is 28.8 Å². The lowest BCUT2D eigenvalue weighted by Gasteiger charge is -2.16. The average Bonchev–Trinajstić information content (AvgIpc) is 3.72. The van der Waals surface area contributed by atoms with Crippen LogP contribution in [-0.4, -0.2) is 73.5 Å². The number of epoxide rings is 2. The van der Waals surface area contributed by atoms with E-state index in [9.17, 15) is 8.42 Å². The van der Waals surface area contributed by atoms with Crippen molar-refractivity contribution < 1.29 is 36.8 Å². The van der Waals surface area contributed by atoms with Crippen LogP contribution in [0, 0.1) is 27.7 Å². The first-order valence-corrected chi connectivity index (χ1v) is 13.4. The summed E-state index contributed by atoms with van der Waals surface area (Å²) >= 11 is 0. The summed E-state index contributed by atoms with van der Waals surface area (Å²) in [7, 11) is -3.71. The highest BCUT2D eigenvalue weighted by atomic mass is 32.2. The lowest BCUT2D eigenvalue weighted by Crippen LogP contribution is -2.12. The normalized spacial score (nSPS) is 19.0. The van der Waals surface area contributed by atoms with Crippen LogP contribution in [0.1, 0.15) is 22.3 Å². The van der Waals surface area contributed by atoms with E-state index >= 15 is 0 Å². The molecule has 2 aromatic rings. The zero-order valence-electron chi connectivity index (χ0n) is 20.8. The molecule has 0 bridgehead atoms. The van der Waals surface area contributed by atoms with Crippen LogP contribution in [0.4, 0.5) is 0 Å². The van der Waals surface area contributed by atoms with Crippen LogP contribution < -0.4 is 9.47 Å². The maximum absolute atomic E-state index is 13.5. The Balaban J connectivity index is 1.40. The molecule has 2 atom stereocenters. The summed E-state index contributed by atoms with van der Waals surface area (Å²) in [4.78, 5) is 0.482. The predicted molar refractivity (Wildman–Crippen MR) is 129 cm³/mol. The number of hydrogen-bond donors (Lipinski definition) is 0. The van der Waals surface area contributed by atoms with Gasteiger partial charge < -0.3 is 28.4 Å². The van der Waals surface area contributed by atoms with Gasteiger partial charge >= 0.3 is 0 Å². The third kappa shape index (κ3) is 6.95. The van der Waals surface area contributed by atoms with Crippen molar-refractivity contribution in [3.8, 4) is 11.5 Å². The molecule has 2 aliphatic rings. The minimum absolute atomic E-state index is 0.220. The van der Waals surface area contributed by atoms with E-state index in [1.165, 1.54) is 0 Å². The predicted octanol–water partition coefficient (Wildman–Crippen LogP) is 3.34. The van der Waals surface area contributed by atoms with E-state index in [-0.39, 0.29) is 22.0 Å². The SMILES string of the molecule is Cc1cc(S(=O)(=O)c2cc(C)c(OCCOCC3CO3)c(C)c2)cc(C)c1OCCOCC1CO1. The molecule has 0 N–H and O–H groups in total. The molecule has 0 spiro atoms. The Labute approximate surface area is 207 Å².